The molecule has 4 nitrogen and oxygen atoms in total. The summed E-state index contributed by atoms with van der Waals surface area (Å²) in [6.07, 6.45) is 1.85. The number of ether oxygens (including phenoxy) is 1. The molecule has 0 radical (unpaired) electrons. The fraction of sp³-hybridized carbons (Fsp3) is 0.172. The van der Waals surface area contributed by atoms with Gasteiger partial charge in [-0.05, 0) is 53.9 Å². The first-order valence-electron chi connectivity index (χ1n) is 11.7. The van der Waals surface area contributed by atoms with Crippen LogP contribution in [0.1, 0.15) is 35.7 Å². The molecule has 0 aliphatic carbocycles. The number of carbonyl (C=O) groups excluding carboxylic acids is 1. The summed E-state index contributed by atoms with van der Waals surface area (Å²) in [6.45, 7) is 2.90. The van der Waals surface area contributed by atoms with Crippen LogP contribution in [0.5, 0.6) is 5.88 Å². The molecule has 0 aliphatic rings. The number of hydrogen-bond donors (Lipinski definition) is 1. The van der Waals surface area contributed by atoms with Crippen LogP contribution in [0, 0.1) is 0 Å². The summed E-state index contributed by atoms with van der Waals surface area (Å²) >= 11 is 18.9. The second-order valence-corrected chi connectivity index (χ2v) is 9.53. The van der Waals surface area contributed by atoms with Crippen LogP contribution in [0.3, 0.4) is 0 Å². The molecule has 1 N–H and O–H groups in total. The quantitative estimate of drug-likeness (QED) is 0.217. The average molecular weight is 540 g/mol. The van der Waals surface area contributed by atoms with E-state index < -0.39 is 0 Å². The maximum atomic E-state index is 13.3. The zero-order chi connectivity index (χ0) is 25.5. The first-order valence-corrected chi connectivity index (χ1v) is 12.8. The Labute approximate surface area is 226 Å². The summed E-state index contributed by atoms with van der Waals surface area (Å²) in [6, 6.07) is 24.1. The van der Waals surface area contributed by atoms with E-state index >= 15 is 0 Å². The summed E-state index contributed by atoms with van der Waals surface area (Å²) in [5.74, 6) is -0.0189. The van der Waals surface area contributed by atoms with Crippen LogP contribution in [-0.2, 0) is 6.61 Å². The number of unbranched alkanes of at least 4 members (excludes halogenated alkanes) is 1. The Bertz CT molecular complexity index is 1340. The summed E-state index contributed by atoms with van der Waals surface area (Å²) in [5.41, 5.74) is 4.12. The maximum absolute atomic E-state index is 13.3. The minimum absolute atomic E-state index is 0.228. The molecule has 0 fully saturated rings. The molecular weight excluding hydrogens is 515 g/mol. The van der Waals surface area contributed by atoms with Crippen molar-refractivity contribution in [3.05, 3.63) is 105 Å². The monoisotopic (exact) mass is 538 g/mol. The first-order chi connectivity index (χ1) is 17.5. The highest BCUT2D eigenvalue weighted by atomic mass is 35.5. The van der Waals surface area contributed by atoms with E-state index in [9.17, 15) is 4.79 Å². The van der Waals surface area contributed by atoms with Gasteiger partial charge in [0, 0.05) is 27.7 Å². The average Bonchev–Trinajstić information content (AvgIpc) is 2.88. The van der Waals surface area contributed by atoms with Crippen LogP contribution >= 0.6 is 34.8 Å². The van der Waals surface area contributed by atoms with Gasteiger partial charge in [0.05, 0.1) is 10.7 Å². The third-order valence-electron chi connectivity index (χ3n) is 5.61. The molecule has 0 atom stereocenters. The lowest BCUT2D eigenvalue weighted by molar-refractivity contribution is 0.0947. The second kappa shape index (κ2) is 12.3. The van der Waals surface area contributed by atoms with Gasteiger partial charge in [0.15, 0.2) is 0 Å². The Morgan fingerprint density at radius 1 is 0.889 bits per heavy atom. The molecule has 36 heavy (non-hydrogen) atoms. The molecule has 0 saturated carbocycles. The third kappa shape index (κ3) is 6.38. The number of benzene rings is 3. The van der Waals surface area contributed by atoms with Crippen molar-refractivity contribution < 1.29 is 9.53 Å². The van der Waals surface area contributed by atoms with E-state index in [4.69, 9.17) is 44.5 Å². The van der Waals surface area contributed by atoms with E-state index in [0.29, 0.717) is 38.4 Å². The largest absolute Gasteiger partial charge is 0.472 e. The molecule has 1 amide bonds. The van der Waals surface area contributed by atoms with Crippen LogP contribution in [0.15, 0.2) is 78.9 Å². The van der Waals surface area contributed by atoms with Crippen LogP contribution in [0.2, 0.25) is 15.1 Å². The predicted octanol–water partition coefficient (Wildman–Crippen LogP) is 8.48. The molecule has 0 unspecified atom stereocenters. The number of hydrogen-bond acceptors (Lipinski definition) is 3. The normalized spacial score (nSPS) is 10.8. The number of amides is 1. The first kappa shape index (κ1) is 26.0. The van der Waals surface area contributed by atoms with Crippen LogP contribution < -0.4 is 10.1 Å². The SMILES string of the molecule is CCCCNC(=O)c1cc(-c2ccc(Cl)cc2)c(-c2ccc(Cl)cc2Cl)nc1OCc1ccccc1. The van der Waals surface area contributed by atoms with E-state index in [0.717, 1.165) is 29.5 Å². The van der Waals surface area contributed by atoms with E-state index in [1.807, 2.05) is 48.5 Å². The Morgan fingerprint density at radius 2 is 1.61 bits per heavy atom. The van der Waals surface area contributed by atoms with Crippen LogP contribution in [0.25, 0.3) is 22.4 Å². The predicted molar refractivity (Wildman–Crippen MR) is 148 cm³/mol. The summed E-state index contributed by atoms with van der Waals surface area (Å²) in [5, 5.41) is 4.55. The lowest BCUT2D eigenvalue weighted by atomic mass is 9.97. The highest BCUT2D eigenvalue weighted by Gasteiger charge is 2.22. The van der Waals surface area contributed by atoms with Crippen molar-refractivity contribution >= 4 is 40.7 Å². The number of nitrogens with one attached hydrogen (secondary N) is 1. The van der Waals surface area contributed by atoms with E-state index in [1.165, 1.54) is 0 Å². The van der Waals surface area contributed by atoms with Crippen molar-refractivity contribution in [1.82, 2.24) is 10.3 Å². The highest BCUT2D eigenvalue weighted by Crippen LogP contribution is 2.39. The topological polar surface area (TPSA) is 51.2 Å². The number of halogens is 3. The highest BCUT2D eigenvalue weighted by molar-refractivity contribution is 6.36. The van der Waals surface area contributed by atoms with Gasteiger partial charge < -0.3 is 10.1 Å². The lowest BCUT2D eigenvalue weighted by Crippen LogP contribution is -2.25. The fourth-order valence-electron chi connectivity index (χ4n) is 3.71. The molecule has 0 spiro atoms. The zero-order valence-corrected chi connectivity index (χ0v) is 22.0. The Hall–Kier alpha value is -3.05. The fourth-order valence-corrected chi connectivity index (χ4v) is 4.33. The number of carbonyl (C=O) groups is 1. The van der Waals surface area contributed by atoms with Gasteiger partial charge in [0.1, 0.15) is 12.2 Å². The van der Waals surface area contributed by atoms with Crippen molar-refractivity contribution in [2.24, 2.45) is 0 Å². The van der Waals surface area contributed by atoms with Gasteiger partial charge in [0.25, 0.3) is 5.91 Å². The van der Waals surface area contributed by atoms with Crippen molar-refractivity contribution in [1.29, 1.82) is 0 Å². The number of aromatic nitrogens is 1. The van der Waals surface area contributed by atoms with Crippen molar-refractivity contribution in [3.8, 4) is 28.3 Å². The van der Waals surface area contributed by atoms with Gasteiger partial charge in [-0.2, -0.15) is 0 Å². The molecule has 0 saturated heterocycles. The lowest BCUT2D eigenvalue weighted by Gasteiger charge is -2.17. The van der Waals surface area contributed by atoms with Gasteiger partial charge in [-0.15, -0.1) is 0 Å². The molecule has 1 heterocycles. The zero-order valence-electron chi connectivity index (χ0n) is 19.7. The Kier molecular flexibility index (Phi) is 8.87. The van der Waals surface area contributed by atoms with Crippen LogP contribution in [-0.4, -0.2) is 17.4 Å². The van der Waals surface area contributed by atoms with E-state index in [2.05, 4.69) is 12.2 Å². The molecule has 1 aromatic heterocycles. The molecular formula is C29H25Cl3N2O2. The molecule has 3 aromatic carbocycles. The van der Waals surface area contributed by atoms with Crippen molar-refractivity contribution in [3.63, 3.8) is 0 Å². The smallest absolute Gasteiger partial charge is 0.256 e. The summed E-state index contributed by atoms with van der Waals surface area (Å²) in [7, 11) is 0. The third-order valence-corrected chi connectivity index (χ3v) is 6.41. The Balaban J connectivity index is 1.87. The number of nitrogens with zero attached hydrogens (tertiary/aromatic N) is 1. The van der Waals surface area contributed by atoms with E-state index in [1.54, 1.807) is 30.3 Å². The summed E-state index contributed by atoms with van der Waals surface area (Å²) in [4.78, 5) is 18.1. The van der Waals surface area contributed by atoms with Crippen molar-refractivity contribution in [2.75, 3.05) is 6.54 Å². The number of pyridine rings is 1. The Morgan fingerprint density at radius 3 is 2.31 bits per heavy atom. The van der Waals surface area contributed by atoms with Gasteiger partial charge in [-0.25, -0.2) is 4.98 Å². The van der Waals surface area contributed by atoms with Gasteiger partial charge in [-0.1, -0.05) is 90.6 Å². The molecule has 184 valence electrons. The van der Waals surface area contributed by atoms with Gasteiger partial charge in [0.2, 0.25) is 5.88 Å². The van der Waals surface area contributed by atoms with Gasteiger partial charge >= 0.3 is 0 Å². The maximum Gasteiger partial charge on any atom is 0.256 e. The minimum Gasteiger partial charge on any atom is -0.472 e. The molecule has 0 aliphatic heterocycles. The standard InChI is InChI=1S/C29H25Cl3N2O2/c1-2-3-15-33-28(35)25-17-24(20-9-11-21(30)12-10-20)27(23-14-13-22(31)16-26(23)32)34-29(25)36-18-19-7-5-4-6-8-19/h4-14,16-17H,2-3,15,18H2,1H3,(H,33,35). The van der Waals surface area contributed by atoms with Crippen LogP contribution in [0.4, 0.5) is 0 Å². The number of rotatable bonds is 9. The minimum atomic E-state index is -0.247. The molecule has 4 rings (SSSR count). The summed E-state index contributed by atoms with van der Waals surface area (Å²) < 4.78 is 6.12. The van der Waals surface area contributed by atoms with E-state index in [-0.39, 0.29) is 18.4 Å². The van der Waals surface area contributed by atoms with Crippen molar-refractivity contribution in [2.45, 2.75) is 26.4 Å². The molecule has 7 heteroatoms. The second-order valence-electron chi connectivity index (χ2n) is 8.25. The van der Waals surface area contributed by atoms with Gasteiger partial charge in [-0.3, -0.25) is 4.79 Å². The molecule has 4 aromatic rings. The molecule has 0 bridgehead atoms.